The minimum absolute atomic E-state index is 0.537. The van der Waals surface area contributed by atoms with Gasteiger partial charge in [0.05, 0.1) is 12.2 Å². The fourth-order valence-corrected chi connectivity index (χ4v) is 3.39. The van der Waals surface area contributed by atoms with Crippen LogP contribution in [0.4, 0.5) is 0 Å². The zero-order chi connectivity index (χ0) is 16.5. The molecule has 2 aliphatic rings. The summed E-state index contributed by atoms with van der Waals surface area (Å²) in [5.74, 6) is 2.22. The highest BCUT2D eigenvalue weighted by molar-refractivity contribution is 5.17. The van der Waals surface area contributed by atoms with Crippen LogP contribution >= 0.6 is 0 Å². The second-order valence-corrected chi connectivity index (χ2v) is 7.00. The first-order valence-corrected chi connectivity index (χ1v) is 9.00. The van der Waals surface area contributed by atoms with E-state index in [9.17, 15) is 0 Å². The number of aryl methyl sites for hydroxylation is 2. The van der Waals surface area contributed by atoms with Crippen LogP contribution in [0, 0.1) is 0 Å². The molecule has 0 amide bonds. The van der Waals surface area contributed by atoms with E-state index in [0.29, 0.717) is 5.92 Å². The maximum Gasteiger partial charge on any atom is 0.229 e. The second-order valence-electron chi connectivity index (χ2n) is 7.00. The number of hydrogen-bond donors (Lipinski definition) is 0. The third kappa shape index (κ3) is 3.52. The van der Waals surface area contributed by atoms with Gasteiger partial charge in [0.1, 0.15) is 0 Å². The van der Waals surface area contributed by atoms with Gasteiger partial charge in [0.25, 0.3) is 0 Å². The van der Waals surface area contributed by atoms with Crippen molar-refractivity contribution < 1.29 is 4.52 Å². The van der Waals surface area contributed by atoms with Gasteiger partial charge in [-0.3, -0.25) is 14.5 Å². The molecule has 0 radical (unpaired) electrons. The molecule has 130 valence electrons. The first-order chi connectivity index (χ1) is 11.7. The Morgan fingerprint density at radius 3 is 2.50 bits per heavy atom. The first kappa shape index (κ1) is 15.8. The van der Waals surface area contributed by atoms with E-state index < -0.39 is 0 Å². The van der Waals surface area contributed by atoms with Crippen LogP contribution in [0.15, 0.2) is 10.7 Å². The number of aromatic nitrogens is 4. The summed E-state index contributed by atoms with van der Waals surface area (Å²) in [7, 11) is 2.00. The van der Waals surface area contributed by atoms with Crippen molar-refractivity contribution in [3.05, 3.63) is 29.2 Å². The van der Waals surface area contributed by atoms with Gasteiger partial charge in [-0.2, -0.15) is 10.1 Å². The van der Waals surface area contributed by atoms with Gasteiger partial charge in [-0.05, 0) is 19.3 Å². The molecule has 7 heteroatoms. The van der Waals surface area contributed by atoms with Crippen molar-refractivity contribution in [3.8, 4) is 0 Å². The fraction of sp³-hybridized carbons (Fsp3) is 0.706. The molecule has 0 spiro atoms. The lowest BCUT2D eigenvalue weighted by Gasteiger charge is -2.33. The Labute approximate surface area is 142 Å². The summed E-state index contributed by atoms with van der Waals surface area (Å²) in [6, 6.07) is 0. The Kier molecular flexibility index (Phi) is 4.37. The Balaban J connectivity index is 1.28. The zero-order valence-corrected chi connectivity index (χ0v) is 14.6. The summed E-state index contributed by atoms with van der Waals surface area (Å²) in [6.45, 7) is 8.22. The lowest BCUT2D eigenvalue weighted by molar-refractivity contribution is 0.119. The normalized spacial score (nSPS) is 19.9. The van der Waals surface area contributed by atoms with Crippen LogP contribution in [0.3, 0.4) is 0 Å². The van der Waals surface area contributed by atoms with E-state index in [0.717, 1.165) is 57.4 Å². The first-order valence-electron chi connectivity index (χ1n) is 9.00. The Hall–Kier alpha value is -1.73. The van der Waals surface area contributed by atoms with Crippen molar-refractivity contribution in [2.24, 2.45) is 7.05 Å². The van der Waals surface area contributed by atoms with E-state index in [1.165, 1.54) is 24.1 Å². The van der Waals surface area contributed by atoms with Crippen LogP contribution in [0.25, 0.3) is 0 Å². The second kappa shape index (κ2) is 6.64. The van der Waals surface area contributed by atoms with Gasteiger partial charge in [0.15, 0.2) is 5.82 Å². The highest BCUT2D eigenvalue weighted by atomic mass is 16.5. The molecule has 1 saturated carbocycles. The fourth-order valence-electron chi connectivity index (χ4n) is 3.39. The molecule has 0 aromatic carbocycles. The molecule has 0 bridgehead atoms. The van der Waals surface area contributed by atoms with E-state index in [4.69, 9.17) is 4.52 Å². The molecule has 2 aromatic rings. The Morgan fingerprint density at radius 2 is 1.83 bits per heavy atom. The van der Waals surface area contributed by atoms with Crippen molar-refractivity contribution in [1.82, 2.24) is 29.7 Å². The topological polar surface area (TPSA) is 63.2 Å². The number of hydrogen-bond acceptors (Lipinski definition) is 6. The predicted octanol–water partition coefficient (Wildman–Crippen LogP) is 1.56. The maximum absolute atomic E-state index is 5.35. The molecule has 0 N–H and O–H groups in total. The molecule has 2 fully saturated rings. The van der Waals surface area contributed by atoms with Crippen molar-refractivity contribution in [3.63, 3.8) is 0 Å². The SMILES string of the molecule is CCc1nn(C)cc1CN1CCN(Cc2noc(C3CC3)n2)CC1. The molecular formula is C17H26N6O. The zero-order valence-electron chi connectivity index (χ0n) is 14.6. The van der Waals surface area contributed by atoms with Crippen molar-refractivity contribution in [1.29, 1.82) is 0 Å². The molecule has 4 rings (SSSR count). The molecule has 2 aromatic heterocycles. The van der Waals surface area contributed by atoms with Crippen LogP contribution in [-0.4, -0.2) is 55.9 Å². The summed E-state index contributed by atoms with van der Waals surface area (Å²) >= 11 is 0. The summed E-state index contributed by atoms with van der Waals surface area (Å²) in [6.07, 6.45) is 5.56. The third-order valence-corrected chi connectivity index (χ3v) is 4.96. The smallest absolute Gasteiger partial charge is 0.229 e. The van der Waals surface area contributed by atoms with Crippen LogP contribution in [0.5, 0.6) is 0 Å². The standard InChI is InChI=1S/C17H26N6O/c1-3-15-14(10-21(2)19-15)11-22-6-8-23(9-7-22)12-16-18-17(24-20-16)13-4-5-13/h10,13H,3-9,11-12H2,1-2H3. The highest BCUT2D eigenvalue weighted by Gasteiger charge is 2.30. The van der Waals surface area contributed by atoms with Crippen molar-refractivity contribution in [2.45, 2.75) is 45.2 Å². The highest BCUT2D eigenvalue weighted by Crippen LogP contribution is 2.38. The molecule has 3 heterocycles. The van der Waals surface area contributed by atoms with Crippen LogP contribution in [-0.2, 0) is 26.6 Å². The average molecular weight is 330 g/mol. The summed E-state index contributed by atoms with van der Waals surface area (Å²) in [5, 5.41) is 8.67. The van der Waals surface area contributed by atoms with E-state index in [2.05, 4.69) is 38.2 Å². The van der Waals surface area contributed by atoms with E-state index in [1.54, 1.807) is 0 Å². The van der Waals surface area contributed by atoms with Gasteiger partial charge in [0.2, 0.25) is 5.89 Å². The summed E-state index contributed by atoms with van der Waals surface area (Å²) in [4.78, 5) is 9.47. The molecule has 24 heavy (non-hydrogen) atoms. The quantitative estimate of drug-likeness (QED) is 0.801. The minimum atomic E-state index is 0.537. The lowest BCUT2D eigenvalue weighted by atomic mass is 10.2. The summed E-state index contributed by atoms with van der Waals surface area (Å²) in [5.41, 5.74) is 2.58. The van der Waals surface area contributed by atoms with Crippen LogP contribution in [0.1, 0.15) is 48.7 Å². The predicted molar refractivity (Wildman–Crippen MR) is 89.4 cm³/mol. The van der Waals surface area contributed by atoms with E-state index in [1.807, 2.05) is 11.7 Å². The number of piperazine rings is 1. The van der Waals surface area contributed by atoms with Gasteiger partial charge < -0.3 is 4.52 Å². The van der Waals surface area contributed by atoms with Gasteiger partial charge in [-0.1, -0.05) is 12.1 Å². The van der Waals surface area contributed by atoms with E-state index in [-0.39, 0.29) is 0 Å². The summed E-state index contributed by atoms with van der Waals surface area (Å²) < 4.78 is 7.28. The van der Waals surface area contributed by atoms with Gasteiger partial charge in [0, 0.05) is 57.4 Å². The van der Waals surface area contributed by atoms with Gasteiger partial charge >= 0.3 is 0 Å². The van der Waals surface area contributed by atoms with E-state index >= 15 is 0 Å². The third-order valence-electron chi connectivity index (χ3n) is 4.96. The molecule has 1 aliphatic heterocycles. The largest absolute Gasteiger partial charge is 0.339 e. The molecule has 0 unspecified atom stereocenters. The van der Waals surface area contributed by atoms with Gasteiger partial charge in [-0.15, -0.1) is 0 Å². The molecule has 7 nitrogen and oxygen atoms in total. The van der Waals surface area contributed by atoms with Crippen LogP contribution in [0.2, 0.25) is 0 Å². The molecular weight excluding hydrogens is 304 g/mol. The van der Waals surface area contributed by atoms with Crippen molar-refractivity contribution in [2.75, 3.05) is 26.2 Å². The molecule has 1 saturated heterocycles. The number of nitrogens with zero attached hydrogens (tertiary/aromatic N) is 6. The Bertz CT molecular complexity index is 681. The molecule has 1 aliphatic carbocycles. The Morgan fingerprint density at radius 1 is 1.12 bits per heavy atom. The lowest BCUT2D eigenvalue weighted by Crippen LogP contribution is -2.45. The number of rotatable bonds is 6. The molecule has 0 atom stereocenters. The van der Waals surface area contributed by atoms with Gasteiger partial charge in [-0.25, -0.2) is 0 Å². The average Bonchev–Trinajstić information content (AvgIpc) is 3.23. The maximum atomic E-state index is 5.35. The monoisotopic (exact) mass is 330 g/mol. The van der Waals surface area contributed by atoms with Crippen molar-refractivity contribution >= 4 is 0 Å². The van der Waals surface area contributed by atoms with Crippen LogP contribution < -0.4 is 0 Å². The minimum Gasteiger partial charge on any atom is -0.339 e.